The Balaban J connectivity index is 1.56. The fraction of sp³-hybridized carbons (Fsp3) is 0.435. The Labute approximate surface area is 183 Å². The SMILES string of the molecule is CCc1ccc(-n2c(CS(C)(=O)=O)nnc2C2CCC(Oc3ccccn3)CC2)cc1. The fourth-order valence-electron chi connectivity index (χ4n) is 4.11. The average Bonchev–Trinajstić information content (AvgIpc) is 3.17. The van der Waals surface area contributed by atoms with Crippen LogP contribution in [-0.2, 0) is 22.0 Å². The van der Waals surface area contributed by atoms with E-state index in [0.717, 1.165) is 43.6 Å². The molecule has 31 heavy (non-hydrogen) atoms. The van der Waals surface area contributed by atoms with Crippen LogP contribution in [0.15, 0.2) is 48.7 Å². The molecule has 1 aliphatic rings. The summed E-state index contributed by atoms with van der Waals surface area (Å²) in [4.78, 5) is 4.25. The summed E-state index contributed by atoms with van der Waals surface area (Å²) in [7, 11) is -3.23. The van der Waals surface area contributed by atoms with E-state index in [4.69, 9.17) is 4.74 Å². The van der Waals surface area contributed by atoms with Gasteiger partial charge in [-0.1, -0.05) is 25.1 Å². The second-order valence-corrected chi connectivity index (χ2v) is 10.3. The van der Waals surface area contributed by atoms with Gasteiger partial charge in [0.2, 0.25) is 5.88 Å². The highest BCUT2D eigenvalue weighted by molar-refractivity contribution is 7.89. The summed E-state index contributed by atoms with van der Waals surface area (Å²) in [6.07, 6.45) is 7.63. The maximum Gasteiger partial charge on any atom is 0.213 e. The number of sulfone groups is 1. The van der Waals surface area contributed by atoms with Crippen LogP contribution in [0.4, 0.5) is 0 Å². The first-order chi connectivity index (χ1) is 14.9. The van der Waals surface area contributed by atoms with Gasteiger partial charge in [0, 0.05) is 30.1 Å². The van der Waals surface area contributed by atoms with Crippen molar-refractivity contribution in [3.63, 3.8) is 0 Å². The van der Waals surface area contributed by atoms with E-state index in [1.54, 1.807) is 6.20 Å². The van der Waals surface area contributed by atoms with Gasteiger partial charge in [-0.05, 0) is 55.9 Å². The molecule has 4 rings (SSSR count). The second-order valence-electron chi connectivity index (χ2n) is 8.16. The molecule has 0 radical (unpaired) electrons. The van der Waals surface area contributed by atoms with Gasteiger partial charge in [0.15, 0.2) is 15.7 Å². The molecule has 0 N–H and O–H groups in total. The standard InChI is InChI=1S/C23H28N4O3S/c1-3-17-7-11-19(12-8-17)27-21(16-31(2,28)29)25-26-23(27)18-9-13-20(14-10-18)30-22-6-4-5-15-24-22/h4-8,11-12,15,18,20H,3,9-10,13-14,16H2,1-2H3. The number of rotatable bonds is 7. The normalized spacial score (nSPS) is 19.3. The molecule has 1 fully saturated rings. The molecule has 2 heterocycles. The Morgan fingerprint density at radius 3 is 2.39 bits per heavy atom. The molecule has 8 heteroatoms. The minimum Gasteiger partial charge on any atom is -0.474 e. The minimum absolute atomic E-state index is 0.127. The number of hydrogen-bond acceptors (Lipinski definition) is 6. The van der Waals surface area contributed by atoms with Crippen molar-refractivity contribution in [2.45, 2.75) is 56.8 Å². The van der Waals surface area contributed by atoms with Gasteiger partial charge in [-0.3, -0.25) is 4.57 Å². The van der Waals surface area contributed by atoms with Crippen LogP contribution >= 0.6 is 0 Å². The van der Waals surface area contributed by atoms with E-state index in [2.05, 4.69) is 34.2 Å². The van der Waals surface area contributed by atoms with Crippen molar-refractivity contribution in [1.29, 1.82) is 0 Å². The topological polar surface area (TPSA) is 87.0 Å². The molecule has 1 aliphatic carbocycles. The number of aryl methyl sites for hydroxylation is 1. The summed E-state index contributed by atoms with van der Waals surface area (Å²) < 4.78 is 31.9. The van der Waals surface area contributed by atoms with E-state index in [0.29, 0.717) is 11.7 Å². The quantitative estimate of drug-likeness (QED) is 0.554. The van der Waals surface area contributed by atoms with Crippen LogP contribution in [0.25, 0.3) is 5.69 Å². The van der Waals surface area contributed by atoms with Crippen molar-refractivity contribution in [3.05, 3.63) is 65.9 Å². The van der Waals surface area contributed by atoms with Gasteiger partial charge in [0.05, 0.1) is 0 Å². The van der Waals surface area contributed by atoms with Crippen LogP contribution < -0.4 is 4.74 Å². The van der Waals surface area contributed by atoms with Gasteiger partial charge in [-0.2, -0.15) is 0 Å². The summed E-state index contributed by atoms with van der Waals surface area (Å²) in [6.45, 7) is 2.11. The van der Waals surface area contributed by atoms with Crippen LogP contribution in [0.5, 0.6) is 5.88 Å². The molecule has 0 aliphatic heterocycles. The van der Waals surface area contributed by atoms with Crippen molar-refractivity contribution in [2.75, 3.05) is 6.26 Å². The van der Waals surface area contributed by atoms with E-state index in [1.807, 2.05) is 34.9 Å². The van der Waals surface area contributed by atoms with E-state index in [1.165, 1.54) is 11.8 Å². The molecule has 2 aromatic heterocycles. The predicted octanol–water partition coefficient (Wildman–Crippen LogP) is 3.87. The molecule has 7 nitrogen and oxygen atoms in total. The molecule has 3 aromatic rings. The van der Waals surface area contributed by atoms with Gasteiger partial charge < -0.3 is 4.74 Å². The van der Waals surface area contributed by atoms with Crippen LogP contribution in [0, 0.1) is 0 Å². The number of nitrogens with zero attached hydrogens (tertiary/aromatic N) is 4. The molecule has 164 valence electrons. The number of benzene rings is 1. The third kappa shape index (κ3) is 5.31. The zero-order valence-electron chi connectivity index (χ0n) is 17.9. The largest absolute Gasteiger partial charge is 0.474 e. The van der Waals surface area contributed by atoms with Crippen molar-refractivity contribution < 1.29 is 13.2 Å². The van der Waals surface area contributed by atoms with Crippen LogP contribution in [0.1, 0.15) is 55.7 Å². The Hall–Kier alpha value is -2.74. The van der Waals surface area contributed by atoms with Gasteiger partial charge >= 0.3 is 0 Å². The lowest BCUT2D eigenvalue weighted by molar-refractivity contribution is 0.139. The predicted molar refractivity (Wildman–Crippen MR) is 119 cm³/mol. The van der Waals surface area contributed by atoms with Crippen LogP contribution in [0.3, 0.4) is 0 Å². The average molecular weight is 441 g/mol. The van der Waals surface area contributed by atoms with Crippen LogP contribution in [0.2, 0.25) is 0 Å². The minimum atomic E-state index is -3.23. The Bertz CT molecular complexity index is 1100. The van der Waals surface area contributed by atoms with Crippen LogP contribution in [-0.4, -0.2) is 40.5 Å². The van der Waals surface area contributed by atoms with Crippen molar-refractivity contribution in [3.8, 4) is 11.6 Å². The summed E-state index contributed by atoms with van der Waals surface area (Å²) in [5, 5.41) is 8.72. The monoisotopic (exact) mass is 440 g/mol. The Morgan fingerprint density at radius 1 is 1.03 bits per heavy atom. The lowest BCUT2D eigenvalue weighted by atomic mass is 9.86. The number of aromatic nitrogens is 4. The first-order valence-corrected chi connectivity index (χ1v) is 12.8. The maximum absolute atomic E-state index is 12.0. The van der Waals surface area contributed by atoms with E-state index in [-0.39, 0.29) is 17.8 Å². The molecule has 0 bridgehead atoms. The van der Waals surface area contributed by atoms with Gasteiger partial charge in [0.1, 0.15) is 17.7 Å². The summed E-state index contributed by atoms with van der Waals surface area (Å²) in [6, 6.07) is 13.9. The van der Waals surface area contributed by atoms with E-state index >= 15 is 0 Å². The lowest BCUT2D eigenvalue weighted by Gasteiger charge is -2.28. The summed E-state index contributed by atoms with van der Waals surface area (Å²) in [5.74, 6) is 2.02. The molecule has 0 amide bonds. The number of hydrogen-bond donors (Lipinski definition) is 0. The third-order valence-corrected chi connectivity index (χ3v) is 6.50. The maximum atomic E-state index is 12.0. The highest BCUT2D eigenvalue weighted by Gasteiger charge is 2.29. The Morgan fingerprint density at radius 2 is 1.77 bits per heavy atom. The lowest BCUT2D eigenvalue weighted by Crippen LogP contribution is -2.25. The molecule has 0 unspecified atom stereocenters. The van der Waals surface area contributed by atoms with Gasteiger partial charge in [-0.15, -0.1) is 10.2 Å². The fourth-order valence-corrected chi connectivity index (χ4v) is 4.77. The zero-order valence-corrected chi connectivity index (χ0v) is 18.8. The first-order valence-electron chi connectivity index (χ1n) is 10.7. The summed E-state index contributed by atoms with van der Waals surface area (Å²) >= 11 is 0. The van der Waals surface area contributed by atoms with Crippen molar-refractivity contribution in [2.24, 2.45) is 0 Å². The third-order valence-electron chi connectivity index (χ3n) is 5.71. The number of ether oxygens (including phenoxy) is 1. The van der Waals surface area contributed by atoms with E-state index < -0.39 is 9.84 Å². The molecular formula is C23H28N4O3S. The molecular weight excluding hydrogens is 412 g/mol. The smallest absolute Gasteiger partial charge is 0.213 e. The second kappa shape index (κ2) is 9.18. The zero-order chi connectivity index (χ0) is 21.8. The van der Waals surface area contributed by atoms with E-state index in [9.17, 15) is 8.42 Å². The number of pyridine rings is 1. The first kappa shape index (κ1) is 21.5. The molecule has 0 spiro atoms. The highest BCUT2D eigenvalue weighted by atomic mass is 32.2. The van der Waals surface area contributed by atoms with Crippen molar-refractivity contribution in [1.82, 2.24) is 19.7 Å². The molecule has 1 aromatic carbocycles. The molecule has 0 saturated heterocycles. The summed E-state index contributed by atoms with van der Waals surface area (Å²) in [5.41, 5.74) is 2.14. The van der Waals surface area contributed by atoms with Gasteiger partial charge in [-0.25, -0.2) is 13.4 Å². The van der Waals surface area contributed by atoms with Gasteiger partial charge in [0.25, 0.3) is 0 Å². The highest BCUT2D eigenvalue weighted by Crippen LogP contribution is 2.35. The molecule has 1 saturated carbocycles. The van der Waals surface area contributed by atoms with Crippen molar-refractivity contribution >= 4 is 9.84 Å². The molecule has 0 atom stereocenters. The Kier molecular flexibility index (Phi) is 6.36.